The molecule has 2 aromatic carbocycles. The van der Waals surface area contributed by atoms with Crippen molar-refractivity contribution in [1.82, 2.24) is 5.32 Å². The third-order valence-electron chi connectivity index (χ3n) is 6.01. The van der Waals surface area contributed by atoms with Gasteiger partial charge < -0.3 is 10.1 Å². The molecule has 1 aliphatic heterocycles. The second kappa shape index (κ2) is 9.52. The van der Waals surface area contributed by atoms with E-state index >= 15 is 0 Å². The summed E-state index contributed by atoms with van der Waals surface area (Å²) < 4.78 is 5.98. The molecule has 0 amide bonds. The van der Waals surface area contributed by atoms with Crippen LogP contribution in [0.3, 0.4) is 0 Å². The summed E-state index contributed by atoms with van der Waals surface area (Å²) in [5, 5.41) is 3.74. The second-order valence-electron chi connectivity index (χ2n) is 8.69. The minimum atomic E-state index is 0.0165. The highest BCUT2D eigenvalue weighted by Gasteiger charge is 2.33. The molecular weight excluding hydrogens is 330 g/mol. The van der Waals surface area contributed by atoms with Gasteiger partial charge >= 0.3 is 0 Å². The molecule has 2 heteroatoms. The lowest BCUT2D eigenvalue weighted by Gasteiger charge is -2.39. The summed E-state index contributed by atoms with van der Waals surface area (Å²) in [7, 11) is 0. The predicted octanol–water partition coefficient (Wildman–Crippen LogP) is 5.79. The Morgan fingerprint density at radius 1 is 1.04 bits per heavy atom. The first-order chi connectivity index (χ1) is 13.0. The minimum Gasteiger partial charge on any atom is -0.376 e. The van der Waals surface area contributed by atoms with E-state index in [4.69, 9.17) is 4.74 Å². The summed E-state index contributed by atoms with van der Waals surface area (Å²) in [5.41, 5.74) is 2.84. The van der Waals surface area contributed by atoms with Gasteiger partial charge in [0.05, 0.1) is 5.60 Å². The molecule has 0 bridgehead atoms. The molecule has 1 fully saturated rings. The van der Waals surface area contributed by atoms with Gasteiger partial charge in [-0.2, -0.15) is 0 Å². The molecule has 0 aliphatic carbocycles. The van der Waals surface area contributed by atoms with Crippen molar-refractivity contribution in [2.75, 3.05) is 13.2 Å². The van der Waals surface area contributed by atoms with Crippen LogP contribution in [-0.2, 0) is 11.2 Å². The maximum absolute atomic E-state index is 5.98. The van der Waals surface area contributed by atoms with Gasteiger partial charge in [-0.15, -0.1) is 0 Å². The molecule has 3 atom stereocenters. The lowest BCUT2D eigenvalue weighted by atomic mass is 9.75. The molecule has 0 saturated carbocycles. The average molecular weight is 366 g/mol. The van der Waals surface area contributed by atoms with Crippen molar-refractivity contribution in [2.24, 2.45) is 11.8 Å². The summed E-state index contributed by atoms with van der Waals surface area (Å²) in [6.45, 7) is 8.71. The van der Waals surface area contributed by atoms with Gasteiger partial charge in [0.1, 0.15) is 0 Å². The topological polar surface area (TPSA) is 21.3 Å². The van der Waals surface area contributed by atoms with Crippen LogP contribution >= 0.6 is 0 Å². The number of benzene rings is 2. The SMILES string of the molecule is C[C@H](NCC[C@H](Cc1ccccc1)[C@@H]1CCOC(C)(C)C1)c1ccccc1. The molecule has 2 nitrogen and oxygen atoms in total. The van der Waals surface area contributed by atoms with Crippen LogP contribution in [0.1, 0.15) is 57.2 Å². The standard InChI is InChI=1S/C25H35NO/c1-20(22-12-8-5-9-13-22)26-16-14-23(18-21-10-6-4-7-11-21)24-15-17-27-25(2,3)19-24/h4-13,20,23-24,26H,14-19H2,1-3H3/t20-,23+,24+/m0/s1. The highest BCUT2D eigenvalue weighted by molar-refractivity contribution is 5.18. The van der Waals surface area contributed by atoms with Crippen LogP contribution in [-0.4, -0.2) is 18.8 Å². The quantitative estimate of drug-likeness (QED) is 0.639. The van der Waals surface area contributed by atoms with Crippen molar-refractivity contribution in [2.45, 2.75) is 58.1 Å². The van der Waals surface area contributed by atoms with Crippen LogP contribution < -0.4 is 5.32 Å². The first kappa shape index (κ1) is 20.1. The van der Waals surface area contributed by atoms with E-state index in [1.54, 1.807) is 0 Å². The molecule has 1 aliphatic rings. The Kier molecular flexibility index (Phi) is 7.09. The highest BCUT2D eigenvalue weighted by atomic mass is 16.5. The molecule has 0 spiro atoms. The Bertz CT molecular complexity index is 667. The minimum absolute atomic E-state index is 0.0165. The summed E-state index contributed by atoms with van der Waals surface area (Å²) in [5.74, 6) is 1.44. The van der Waals surface area contributed by atoms with Gasteiger partial charge in [0, 0.05) is 12.6 Å². The summed E-state index contributed by atoms with van der Waals surface area (Å²) in [6, 6.07) is 22.1. The Labute approximate surface area is 165 Å². The second-order valence-corrected chi connectivity index (χ2v) is 8.69. The number of hydrogen-bond donors (Lipinski definition) is 1. The van der Waals surface area contributed by atoms with Crippen molar-refractivity contribution in [3.8, 4) is 0 Å². The van der Waals surface area contributed by atoms with Crippen LogP contribution in [0, 0.1) is 11.8 Å². The largest absolute Gasteiger partial charge is 0.376 e. The zero-order valence-corrected chi connectivity index (χ0v) is 17.2. The summed E-state index contributed by atoms with van der Waals surface area (Å²) >= 11 is 0. The highest BCUT2D eigenvalue weighted by Crippen LogP contribution is 2.36. The molecule has 1 N–H and O–H groups in total. The van der Waals surface area contributed by atoms with Crippen molar-refractivity contribution in [3.05, 3.63) is 71.8 Å². The molecule has 0 unspecified atom stereocenters. The molecule has 0 aromatic heterocycles. The number of nitrogens with one attached hydrogen (secondary N) is 1. The van der Waals surface area contributed by atoms with Gasteiger partial charge in [-0.3, -0.25) is 0 Å². The molecule has 2 aromatic rings. The van der Waals surface area contributed by atoms with E-state index in [0.717, 1.165) is 19.1 Å². The first-order valence-electron chi connectivity index (χ1n) is 10.5. The van der Waals surface area contributed by atoms with Crippen molar-refractivity contribution in [1.29, 1.82) is 0 Å². The zero-order valence-electron chi connectivity index (χ0n) is 17.2. The molecule has 146 valence electrons. The maximum Gasteiger partial charge on any atom is 0.0629 e. The van der Waals surface area contributed by atoms with E-state index in [1.807, 2.05) is 0 Å². The number of ether oxygens (including phenoxy) is 1. The molecule has 1 saturated heterocycles. The number of hydrogen-bond acceptors (Lipinski definition) is 2. The first-order valence-corrected chi connectivity index (χ1v) is 10.5. The van der Waals surface area contributed by atoms with Crippen LogP contribution in [0.5, 0.6) is 0 Å². The Morgan fingerprint density at radius 2 is 1.70 bits per heavy atom. The monoisotopic (exact) mass is 365 g/mol. The van der Waals surface area contributed by atoms with E-state index in [2.05, 4.69) is 86.8 Å². The number of rotatable bonds is 8. The lowest BCUT2D eigenvalue weighted by molar-refractivity contribution is -0.0830. The van der Waals surface area contributed by atoms with Crippen molar-refractivity contribution >= 4 is 0 Å². The van der Waals surface area contributed by atoms with Gasteiger partial charge in [-0.1, -0.05) is 60.7 Å². The van der Waals surface area contributed by atoms with E-state index in [9.17, 15) is 0 Å². The van der Waals surface area contributed by atoms with Crippen LogP contribution in [0.2, 0.25) is 0 Å². The van der Waals surface area contributed by atoms with E-state index in [0.29, 0.717) is 12.0 Å². The van der Waals surface area contributed by atoms with Gasteiger partial charge in [0.25, 0.3) is 0 Å². The normalized spacial score (nSPS) is 21.5. The fraction of sp³-hybridized carbons (Fsp3) is 0.520. The van der Waals surface area contributed by atoms with Gasteiger partial charge in [-0.05, 0) is 76.0 Å². The van der Waals surface area contributed by atoms with E-state index in [-0.39, 0.29) is 5.60 Å². The molecule has 1 heterocycles. The lowest BCUT2D eigenvalue weighted by Crippen LogP contribution is -2.38. The smallest absolute Gasteiger partial charge is 0.0629 e. The van der Waals surface area contributed by atoms with Crippen LogP contribution in [0.15, 0.2) is 60.7 Å². The molecular formula is C25H35NO. The Hall–Kier alpha value is -1.64. The van der Waals surface area contributed by atoms with Crippen molar-refractivity contribution in [3.63, 3.8) is 0 Å². The van der Waals surface area contributed by atoms with Crippen molar-refractivity contribution < 1.29 is 4.74 Å². The average Bonchev–Trinajstić information content (AvgIpc) is 2.68. The van der Waals surface area contributed by atoms with E-state index < -0.39 is 0 Å². The predicted molar refractivity (Wildman–Crippen MR) is 114 cm³/mol. The van der Waals surface area contributed by atoms with Gasteiger partial charge in [0.15, 0.2) is 0 Å². The fourth-order valence-corrected chi connectivity index (χ4v) is 4.45. The van der Waals surface area contributed by atoms with Crippen LogP contribution in [0.4, 0.5) is 0 Å². The third kappa shape index (κ3) is 6.19. The van der Waals surface area contributed by atoms with Gasteiger partial charge in [-0.25, -0.2) is 0 Å². The summed E-state index contributed by atoms with van der Waals surface area (Å²) in [4.78, 5) is 0. The van der Waals surface area contributed by atoms with Gasteiger partial charge in [0.2, 0.25) is 0 Å². The molecule has 27 heavy (non-hydrogen) atoms. The van der Waals surface area contributed by atoms with E-state index in [1.165, 1.54) is 36.8 Å². The van der Waals surface area contributed by atoms with Crippen LogP contribution in [0.25, 0.3) is 0 Å². The summed E-state index contributed by atoms with van der Waals surface area (Å²) in [6.07, 6.45) is 4.74. The molecule has 0 radical (unpaired) electrons. The molecule has 3 rings (SSSR count). The Balaban J connectivity index is 1.61. The maximum atomic E-state index is 5.98. The fourth-order valence-electron chi connectivity index (χ4n) is 4.45. The third-order valence-corrected chi connectivity index (χ3v) is 6.01. The Morgan fingerprint density at radius 3 is 2.37 bits per heavy atom. The zero-order chi connectivity index (χ0) is 19.1.